The molecule has 1 heteroatoms. The molecule has 9 aromatic carbocycles. The molecule has 0 bridgehead atoms. The molecule has 0 nitrogen and oxygen atoms in total. The van der Waals surface area contributed by atoms with Crippen LogP contribution in [0.5, 0.6) is 0 Å². The first-order valence-corrected chi connectivity index (χ1v) is 17.7. The molecule has 0 saturated carbocycles. The Kier molecular flexibility index (Phi) is 6.47. The fourth-order valence-electron chi connectivity index (χ4n) is 7.86. The second kappa shape index (κ2) is 11.3. The number of thiophene rings is 1. The molecule has 228 valence electrons. The van der Waals surface area contributed by atoms with Crippen LogP contribution in [0.25, 0.3) is 97.0 Å². The number of hydrogen-bond acceptors (Lipinski definition) is 1. The van der Waals surface area contributed by atoms with Gasteiger partial charge in [0.25, 0.3) is 0 Å². The molecule has 1 heterocycles. The minimum absolute atomic E-state index is 1.22. The van der Waals surface area contributed by atoms with Crippen molar-refractivity contribution in [2.45, 2.75) is 0 Å². The summed E-state index contributed by atoms with van der Waals surface area (Å²) in [5.74, 6) is 0. The highest BCUT2D eigenvalue weighted by atomic mass is 32.1. The molecule has 0 radical (unpaired) electrons. The summed E-state index contributed by atoms with van der Waals surface area (Å²) < 4.78 is 2.65. The minimum atomic E-state index is 1.22. The normalized spacial score (nSPS) is 11.7. The van der Waals surface area contributed by atoms with Crippen LogP contribution in [0.1, 0.15) is 0 Å². The Bertz CT molecular complexity index is 2800. The van der Waals surface area contributed by atoms with Gasteiger partial charge in [-0.25, -0.2) is 0 Å². The SMILES string of the molecule is c1ccc(-c2ccc(-c3ccccc3)c(-c3c4ccccc4c(-c4cccc5sc6cc7ccccc7cc6c45)c4ccccc34)c2)cc1. The van der Waals surface area contributed by atoms with Crippen LogP contribution in [0.3, 0.4) is 0 Å². The third kappa shape index (κ3) is 4.51. The van der Waals surface area contributed by atoms with Crippen LogP contribution in [0, 0.1) is 0 Å². The average Bonchev–Trinajstić information content (AvgIpc) is 3.54. The maximum Gasteiger partial charge on any atom is 0.0362 e. The van der Waals surface area contributed by atoms with E-state index in [1.807, 2.05) is 11.3 Å². The van der Waals surface area contributed by atoms with Crippen LogP contribution in [-0.4, -0.2) is 0 Å². The van der Waals surface area contributed by atoms with Gasteiger partial charge >= 0.3 is 0 Å². The summed E-state index contributed by atoms with van der Waals surface area (Å²) in [5.41, 5.74) is 10.0. The first kappa shape index (κ1) is 28.0. The molecule has 0 aliphatic carbocycles. The van der Waals surface area contributed by atoms with Gasteiger partial charge < -0.3 is 0 Å². The topological polar surface area (TPSA) is 0 Å². The van der Waals surface area contributed by atoms with E-state index in [0.29, 0.717) is 0 Å². The van der Waals surface area contributed by atoms with Crippen molar-refractivity contribution in [2.24, 2.45) is 0 Å². The Hall–Kier alpha value is -6.02. The highest BCUT2D eigenvalue weighted by Gasteiger charge is 2.21. The Morgan fingerprint density at radius 3 is 1.49 bits per heavy atom. The third-order valence-corrected chi connectivity index (χ3v) is 11.2. The van der Waals surface area contributed by atoms with Gasteiger partial charge in [0.15, 0.2) is 0 Å². The van der Waals surface area contributed by atoms with E-state index in [-0.39, 0.29) is 0 Å². The van der Waals surface area contributed by atoms with Gasteiger partial charge in [-0.3, -0.25) is 0 Å². The van der Waals surface area contributed by atoms with Crippen LogP contribution in [0.2, 0.25) is 0 Å². The Morgan fingerprint density at radius 1 is 0.286 bits per heavy atom. The van der Waals surface area contributed by atoms with Crippen LogP contribution in [0.15, 0.2) is 182 Å². The lowest BCUT2D eigenvalue weighted by molar-refractivity contribution is 1.58. The minimum Gasteiger partial charge on any atom is -0.135 e. The first-order valence-electron chi connectivity index (χ1n) is 16.8. The van der Waals surface area contributed by atoms with Gasteiger partial charge in [0.2, 0.25) is 0 Å². The van der Waals surface area contributed by atoms with Gasteiger partial charge in [0, 0.05) is 20.2 Å². The highest BCUT2D eigenvalue weighted by molar-refractivity contribution is 7.26. The summed E-state index contributed by atoms with van der Waals surface area (Å²) >= 11 is 1.90. The highest BCUT2D eigenvalue weighted by Crippen LogP contribution is 2.50. The fourth-order valence-corrected chi connectivity index (χ4v) is 9.02. The zero-order chi connectivity index (χ0) is 32.3. The van der Waals surface area contributed by atoms with Gasteiger partial charge in [0.1, 0.15) is 0 Å². The van der Waals surface area contributed by atoms with E-state index in [2.05, 4.69) is 182 Å². The van der Waals surface area contributed by atoms with Gasteiger partial charge in [-0.15, -0.1) is 11.3 Å². The number of fused-ring (bicyclic) bond motifs is 6. The lowest BCUT2D eigenvalue weighted by Gasteiger charge is -2.21. The van der Waals surface area contributed by atoms with E-state index in [0.717, 1.165) is 0 Å². The summed E-state index contributed by atoms with van der Waals surface area (Å²) in [7, 11) is 0. The molecule has 0 unspecified atom stereocenters. The molecule has 1 aromatic heterocycles. The average molecular weight is 639 g/mol. The molecule has 0 aliphatic rings. The number of benzene rings is 9. The molecular weight excluding hydrogens is 609 g/mol. The van der Waals surface area contributed by atoms with Crippen LogP contribution >= 0.6 is 11.3 Å². The first-order chi connectivity index (χ1) is 24.3. The Morgan fingerprint density at radius 2 is 0.837 bits per heavy atom. The van der Waals surface area contributed by atoms with Crippen molar-refractivity contribution in [2.75, 3.05) is 0 Å². The summed E-state index contributed by atoms with van der Waals surface area (Å²) in [6.45, 7) is 0. The van der Waals surface area contributed by atoms with Gasteiger partial charge in [-0.1, -0.05) is 158 Å². The lowest BCUT2D eigenvalue weighted by Crippen LogP contribution is -1.94. The molecule has 10 rings (SSSR count). The van der Waals surface area contributed by atoms with Gasteiger partial charge in [-0.05, 0) is 101 Å². The van der Waals surface area contributed by atoms with Crippen molar-refractivity contribution in [1.82, 2.24) is 0 Å². The van der Waals surface area contributed by atoms with Crippen molar-refractivity contribution in [1.29, 1.82) is 0 Å². The molecule has 0 N–H and O–H groups in total. The summed E-state index contributed by atoms with van der Waals surface area (Å²) in [5, 5.41) is 10.3. The predicted octanol–water partition coefficient (Wildman–Crippen LogP) is 14.2. The lowest BCUT2D eigenvalue weighted by atomic mass is 9.82. The fraction of sp³-hybridized carbons (Fsp3) is 0. The molecule has 10 aromatic rings. The summed E-state index contributed by atoms with van der Waals surface area (Å²) in [4.78, 5) is 0. The van der Waals surface area contributed by atoms with Gasteiger partial charge in [0.05, 0.1) is 0 Å². The Labute approximate surface area is 289 Å². The van der Waals surface area contributed by atoms with Crippen LogP contribution in [-0.2, 0) is 0 Å². The smallest absolute Gasteiger partial charge is 0.0362 e. The van der Waals surface area contributed by atoms with Crippen molar-refractivity contribution < 1.29 is 0 Å². The molecule has 0 atom stereocenters. The van der Waals surface area contributed by atoms with Crippen molar-refractivity contribution in [3.8, 4) is 44.5 Å². The maximum absolute atomic E-state index is 2.41. The molecule has 0 aliphatic heterocycles. The van der Waals surface area contributed by atoms with Crippen molar-refractivity contribution >= 4 is 63.8 Å². The van der Waals surface area contributed by atoms with Gasteiger partial charge in [-0.2, -0.15) is 0 Å². The zero-order valence-electron chi connectivity index (χ0n) is 26.7. The standard InChI is InChI=1S/C48H30S/c1-3-14-31(15-4-1)35-26-27-36(32-16-5-2-6-17-32)42(28-35)47-39-22-11-9-20-37(39)46(38-21-10-12-23-40(38)47)41-24-13-25-44-48(41)43-29-33-18-7-8-19-34(33)30-45(43)49-44/h1-30H. The molecule has 0 amide bonds. The van der Waals surface area contributed by atoms with E-state index >= 15 is 0 Å². The van der Waals surface area contributed by atoms with Crippen LogP contribution in [0.4, 0.5) is 0 Å². The molecule has 0 saturated heterocycles. The predicted molar refractivity (Wildman–Crippen MR) is 214 cm³/mol. The van der Waals surface area contributed by atoms with E-state index in [9.17, 15) is 0 Å². The zero-order valence-corrected chi connectivity index (χ0v) is 27.5. The maximum atomic E-state index is 2.41. The molecule has 0 fully saturated rings. The monoisotopic (exact) mass is 638 g/mol. The van der Waals surface area contributed by atoms with Crippen molar-refractivity contribution in [3.05, 3.63) is 182 Å². The Balaban J connectivity index is 1.33. The summed E-state index contributed by atoms with van der Waals surface area (Å²) in [6, 6.07) is 67.0. The second-order valence-electron chi connectivity index (χ2n) is 12.8. The number of rotatable bonds is 4. The molecular formula is C48H30S. The third-order valence-electron chi connectivity index (χ3n) is 10.0. The second-order valence-corrected chi connectivity index (χ2v) is 13.9. The van der Waals surface area contributed by atoms with E-state index in [1.54, 1.807) is 0 Å². The van der Waals surface area contributed by atoms with Crippen molar-refractivity contribution in [3.63, 3.8) is 0 Å². The summed E-state index contributed by atoms with van der Waals surface area (Å²) in [6.07, 6.45) is 0. The van der Waals surface area contributed by atoms with E-state index in [4.69, 9.17) is 0 Å². The quantitative estimate of drug-likeness (QED) is 0.168. The largest absolute Gasteiger partial charge is 0.135 e. The molecule has 0 spiro atoms. The number of hydrogen-bond donors (Lipinski definition) is 0. The van der Waals surface area contributed by atoms with E-state index < -0.39 is 0 Å². The van der Waals surface area contributed by atoms with E-state index in [1.165, 1.54) is 97.0 Å². The molecule has 49 heavy (non-hydrogen) atoms. The van der Waals surface area contributed by atoms with Crippen LogP contribution < -0.4 is 0 Å².